The quantitative estimate of drug-likeness (QED) is 0.821. The summed E-state index contributed by atoms with van der Waals surface area (Å²) in [6, 6.07) is 5.47. The van der Waals surface area contributed by atoms with Crippen LogP contribution in [-0.2, 0) is 4.79 Å². The summed E-state index contributed by atoms with van der Waals surface area (Å²) < 4.78 is 0. The van der Waals surface area contributed by atoms with Crippen LogP contribution in [0.25, 0.3) is 10.9 Å². The number of hydrogen-bond acceptors (Lipinski definition) is 5. The molecule has 1 aromatic heterocycles. The van der Waals surface area contributed by atoms with Gasteiger partial charge in [-0.15, -0.1) is 0 Å². The molecule has 1 aliphatic rings. The summed E-state index contributed by atoms with van der Waals surface area (Å²) in [5.41, 5.74) is 7.17. The highest BCUT2D eigenvalue weighted by atomic mass is 16.2. The zero-order chi connectivity index (χ0) is 13.9. The standard InChI is InChI=1S/C14H17N5O/c15-10-3-4-11-12(7-10)17-9-18-14(11)16-8-13(20)19-5-1-2-6-19/h3-4,7,9H,1-2,5-6,8,15H2,(H,16,17,18). The Kier molecular flexibility index (Phi) is 3.37. The van der Waals surface area contributed by atoms with Gasteiger partial charge in [0.2, 0.25) is 5.91 Å². The van der Waals surface area contributed by atoms with Crippen LogP contribution in [0.4, 0.5) is 11.5 Å². The summed E-state index contributed by atoms with van der Waals surface area (Å²) in [6.07, 6.45) is 3.67. The monoisotopic (exact) mass is 271 g/mol. The fraction of sp³-hybridized carbons (Fsp3) is 0.357. The van der Waals surface area contributed by atoms with E-state index in [9.17, 15) is 4.79 Å². The van der Waals surface area contributed by atoms with E-state index < -0.39 is 0 Å². The number of anilines is 2. The van der Waals surface area contributed by atoms with Crippen molar-refractivity contribution in [2.24, 2.45) is 0 Å². The Morgan fingerprint density at radius 2 is 2.10 bits per heavy atom. The molecule has 1 amide bonds. The number of nitrogens with zero attached hydrogens (tertiary/aromatic N) is 3. The van der Waals surface area contributed by atoms with Crippen LogP contribution in [0.3, 0.4) is 0 Å². The Morgan fingerprint density at radius 1 is 1.30 bits per heavy atom. The van der Waals surface area contributed by atoms with Crippen molar-refractivity contribution in [2.45, 2.75) is 12.8 Å². The van der Waals surface area contributed by atoms with E-state index in [-0.39, 0.29) is 12.5 Å². The zero-order valence-corrected chi connectivity index (χ0v) is 11.2. The highest BCUT2D eigenvalue weighted by molar-refractivity contribution is 5.92. The van der Waals surface area contributed by atoms with E-state index >= 15 is 0 Å². The molecule has 6 nitrogen and oxygen atoms in total. The predicted molar refractivity (Wildman–Crippen MR) is 78.3 cm³/mol. The van der Waals surface area contributed by atoms with Crippen LogP contribution >= 0.6 is 0 Å². The van der Waals surface area contributed by atoms with E-state index in [1.54, 1.807) is 12.1 Å². The van der Waals surface area contributed by atoms with Gasteiger partial charge >= 0.3 is 0 Å². The molecule has 1 fully saturated rings. The van der Waals surface area contributed by atoms with Gasteiger partial charge in [-0.1, -0.05) is 0 Å². The molecule has 104 valence electrons. The molecule has 0 bridgehead atoms. The van der Waals surface area contributed by atoms with Gasteiger partial charge in [0, 0.05) is 24.2 Å². The molecule has 0 unspecified atom stereocenters. The van der Waals surface area contributed by atoms with Crippen LogP contribution < -0.4 is 11.1 Å². The number of benzene rings is 1. The minimum absolute atomic E-state index is 0.115. The van der Waals surface area contributed by atoms with Crippen LogP contribution in [0.2, 0.25) is 0 Å². The van der Waals surface area contributed by atoms with Crippen molar-refractivity contribution >= 4 is 28.3 Å². The second-order valence-electron chi connectivity index (χ2n) is 4.94. The fourth-order valence-corrected chi connectivity index (χ4v) is 2.45. The summed E-state index contributed by atoms with van der Waals surface area (Å²) in [5, 5.41) is 3.97. The first-order valence-electron chi connectivity index (χ1n) is 6.76. The number of aromatic nitrogens is 2. The summed E-state index contributed by atoms with van der Waals surface area (Å²) >= 11 is 0. The first-order valence-corrected chi connectivity index (χ1v) is 6.76. The predicted octanol–water partition coefficient (Wildman–Crippen LogP) is 1.25. The molecular weight excluding hydrogens is 254 g/mol. The lowest BCUT2D eigenvalue weighted by Gasteiger charge is -2.16. The number of amides is 1. The Morgan fingerprint density at radius 3 is 2.90 bits per heavy atom. The number of nitrogens with two attached hydrogens (primary N) is 1. The van der Waals surface area contributed by atoms with E-state index in [0.717, 1.165) is 36.8 Å². The van der Waals surface area contributed by atoms with Crippen LogP contribution in [0.15, 0.2) is 24.5 Å². The van der Waals surface area contributed by atoms with Crippen molar-refractivity contribution in [2.75, 3.05) is 30.7 Å². The lowest BCUT2D eigenvalue weighted by Crippen LogP contribution is -2.33. The Bertz CT molecular complexity index is 636. The maximum Gasteiger partial charge on any atom is 0.241 e. The Hall–Kier alpha value is -2.37. The Balaban J connectivity index is 1.75. The maximum absolute atomic E-state index is 12.0. The van der Waals surface area contributed by atoms with Gasteiger partial charge in [0.05, 0.1) is 12.1 Å². The zero-order valence-electron chi connectivity index (χ0n) is 11.2. The van der Waals surface area contributed by atoms with Crippen molar-refractivity contribution in [3.05, 3.63) is 24.5 Å². The number of carbonyl (C=O) groups is 1. The number of rotatable bonds is 3. The molecule has 0 spiro atoms. The van der Waals surface area contributed by atoms with Crippen molar-refractivity contribution in [3.8, 4) is 0 Å². The second kappa shape index (κ2) is 5.32. The van der Waals surface area contributed by atoms with E-state index in [0.29, 0.717) is 11.5 Å². The van der Waals surface area contributed by atoms with Crippen molar-refractivity contribution in [1.82, 2.24) is 14.9 Å². The topological polar surface area (TPSA) is 84.1 Å². The molecule has 0 atom stereocenters. The molecule has 0 aliphatic carbocycles. The van der Waals surface area contributed by atoms with Gasteiger partial charge in [-0.2, -0.15) is 0 Å². The number of carbonyl (C=O) groups excluding carboxylic acids is 1. The lowest BCUT2D eigenvalue weighted by molar-refractivity contribution is -0.128. The van der Waals surface area contributed by atoms with Crippen LogP contribution in [-0.4, -0.2) is 40.4 Å². The van der Waals surface area contributed by atoms with E-state index in [1.807, 2.05) is 11.0 Å². The first-order chi connectivity index (χ1) is 9.74. The molecule has 1 aromatic carbocycles. The molecule has 6 heteroatoms. The highest BCUT2D eigenvalue weighted by Gasteiger charge is 2.17. The molecule has 3 N–H and O–H groups in total. The third-order valence-electron chi connectivity index (χ3n) is 3.53. The van der Waals surface area contributed by atoms with E-state index in [1.165, 1.54) is 6.33 Å². The molecule has 1 saturated heterocycles. The summed E-state index contributed by atoms with van der Waals surface area (Å²) in [5.74, 6) is 0.784. The number of nitrogens with one attached hydrogen (secondary N) is 1. The average molecular weight is 271 g/mol. The second-order valence-corrected chi connectivity index (χ2v) is 4.94. The highest BCUT2D eigenvalue weighted by Crippen LogP contribution is 2.21. The van der Waals surface area contributed by atoms with Gasteiger partial charge < -0.3 is 16.0 Å². The van der Waals surface area contributed by atoms with Crippen molar-refractivity contribution in [1.29, 1.82) is 0 Å². The molecule has 0 radical (unpaired) electrons. The third kappa shape index (κ3) is 2.49. The molecule has 1 aliphatic heterocycles. The number of hydrogen-bond donors (Lipinski definition) is 2. The number of likely N-dealkylation sites (tertiary alicyclic amines) is 1. The molecule has 2 heterocycles. The Labute approximate surface area is 117 Å². The molecular formula is C14H17N5O. The third-order valence-corrected chi connectivity index (χ3v) is 3.53. The first kappa shape index (κ1) is 12.7. The van der Waals surface area contributed by atoms with Crippen LogP contribution in [0.5, 0.6) is 0 Å². The summed E-state index contributed by atoms with van der Waals surface area (Å²) in [7, 11) is 0. The van der Waals surface area contributed by atoms with Gasteiger partial charge in [-0.25, -0.2) is 9.97 Å². The molecule has 2 aromatic rings. The smallest absolute Gasteiger partial charge is 0.241 e. The molecule has 3 rings (SSSR count). The average Bonchev–Trinajstić information content (AvgIpc) is 2.98. The minimum Gasteiger partial charge on any atom is -0.399 e. The van der Waals surface area contributed by atoms with Gasteiger partial charge in [0.15, 0.2) is 0 Å². The number of nitrogen functional groups attached to an aromatic ring is 1. The largest absolute Gasteiger partial charge is 0.399 e. The van der Waals surface area contributed by atoms with Gasteiger partial charge in [-0.05, 0) is 31.0 Å². The summed E-state index contributed by atoms with van der Waals surface area (Å²) in [4.78, 5) is 22.3. The maximum atomic E-state index is 12.0. The summed E-state index contributed by atoms with van der Waals surface area (Å²) in [6.45, 7) is 1.99. The van der Waals surface area contributed by atoms with E-state index in [2.05, 4.69) is 15.3 Å². The van der Waals surface area contributed by atoms with Gasteiger partial charge in [-0.3, -0.25) is 4.79 Å². The van der Waals surface area contributed by atoms with Gasteiger partial charge in [0.1, 0.15) is 12.1 Å². The lowest BCUT2D eigenvalue weighted by atomic mass is 10.2. The number of fused-ring (bicyclic) bond motifs is 1. The molecule has 0 saturated carbocycles. The minimum atomic E-state index is 0.115. The SMILES string of the molecule is Nc1ccc2c(NCC(=O)N3CCCC3)ncnc2c1. The van der Waals surface area contributed by atoms with E-state index in [4.69, 9.17) is 5.73 Å². The van der Waals surface area contributed by atoms with Crippen LogP contribution in [0, 0.1) is 0 Å². The van der Waals surface area contributed by atoms with Crippen molar-refractivity contribution in [3.63, 3.8) is 0 Å². The molecule has 20 heavy (non-hydrogen) atoms. The van der Waals surface area contributed by atoms with Gasteiger partial charge in [0.25, 0.3) is 0 Å². The van der Waals surface area contributed by atoms with Crippen LogP contribution in [0.1, 0.15) is 12.8 Å². The fourth-order valence-electron chi connectivity index (χ4n) is 2.45. The normalized spacial score (nSPS) is 14.7. The van der Waals surface area contributed by atoms with Crippen molar-refractivity contribution < 1.29 is 4.79 Å².